The number of imidazole rings is 1. The van der Waals surface area contributed by atoms with E-state index >= 15 is 0 Å². The maximum Gasteiger partial charge on any atom is 0.153 e. The first kappa shape index (κ1) is 10.9. The number of aromatic nitrogens is 3. The summed E-state index contributed by atoms with van der Waals surface area (Å²) in [5.74, 6) is -0.279. The Labute approximate surface area is 102 Å². The predicted octanol–water partition coefficient (Wildman–Crippen LogP) is 2.03. The topological polar surface area (TPSA) is 50.4 Å². The normalized spacial score (nSPS) is 11.0. The number of rotatable bonds is 2. The van der Waals surface area contributed by atoms with Crippen LogP contribution in [-0.4, -0.2) is 19.7 Å². The van der Waals surface area contributed by atoms with E-state index in [1.165, 1.54) is 12.1 Å². The fraction of sp³-hybridized carbons (Fsp3) is 0.0769. The fourth-order valence-electron chi connectivity index (χ4n) is 1.80. The van der Waals surface area contributed by atoms with E-state index < -0.39 is 0 Å². The number of aliphatic hydroxyl groups is 1. The van der Waals surface area contributed by atoms with Crippen LogP contribution in [0.4, 0.5) is 4.39 Å². The molecule has 0 fully saturated rings. The van der Waals surface area contributed by atoms with Crippen LogP contribution < -0.4 is 0 Å². The molecule has 2 heterocycles. The standard InChI is InChI=1S/C13H10FN3O/c14-10-3-1-9(2-4-10)12-5-6-13-15-7-11(8-18)17(13)16-12/h1-7,18H,8H2. The summed E-state index contributed by atoms with van der Waals surface area (Å²) in [6, 6.07) is 9.74. The molecule has 5 heteroatoms. The van der Waals surface area contributed by atoms with Gasteiger partial charge in [0.2, 0.25) is 0 Å². The van der Waals surface area contributed by atoms with Gasteiger partial charge >= 0.3 is 0 Å². The molecule has 1 N–H and O–H groups in total. The van der Waals surface area contributed by atoms with Crippen LogP contribution in [0.3, 0.4) is 0 Å². The van der Waals surface area contributed by atoms with Gasteiger partial charge < -0.3 is 5.11 Å². The van der Waals surface area contributed by atoms with Crippen LogP contribution in [0, 0.1) is 5.82 Å². The first-order valence-corrected chi connectivity index (χ1v) is 5.48. The first-order chi connectivity index (χ1) is 8.78. The van der Waals surface area contributed by atoms with E-state index in [1.54, 1.807) is 22.8 Å². The average Bonchev–Trinajstić information content (AvgIpc) is 2.81. The summed E-state index contributed by atoms with van der Waals surface area (Å²) in [6.45, 7) is -0.124. The summed E-state index contributed by atoms with van der Waals surface area (Å²) in [7, 11) is 0. The van der Waals surface area contributed by atoms with Crippen molar-refractivity contribution in [1.82, 2.24) is 14.6 Å². The molecule has 0 aliphatic carbocycles. The Morgan fingerprint density at radius 3 is 2.61 bits per heavy atom. The van der Waals surface area contributed by atoms with Crippen LogP contribution in [0.2, 0.25) is 0 Å². The Balaban J connectivity index is 2.14. The van der Waals surface area contributed by atoms with Crippen molar-refractivity contribution >= 4 is 5.65 Å². The largest absolute Gasteiger partial charge is 0.390 e. The number of fused-ring (bicyclic) bond motifs is 1. The highest BCUT2D eigenvalue weighted by atomic mass is 19.1. The van der Waals surface area contributed by atoms with Gasteiger partial charge in [0.25, 0.3) is 0 Å². The van der Waals surface area contributed by atoms with Gasteiger partial charge in [-0.15, -0.1) is 0 Å². The van der Waals surface area contributed by atoms with Crippen molar-refractivity contribution in [2.45, 2.75) is 6.61 Å². The van der Waals surface area contributed by atoms with Gasteiger partial charge in [0, 0.05) is 5.56 Å². The zero-order valence-electron chi connectivity index (χ0n) is 9.42. The summed E-state index contributed by atoms with van der Waals surface area (Å²) in [4.78, 5) is 4.12. The highest BCUT2D eigenvalue weighted by Crippen LogP contribution is 2.18. The molecular formula is C13H10FN3O. The van der Waals surface area contributed by atoms with Gasteiger partial charge in [0.15, 0.2) is 5.65 Å². The molecule has 90 valence electrons. The van der Waals surface area contributed by atoms with E-state index in [-0.39, 0.29) is 12.4 Å². The maximum atomic E-state index is 12.9. The van der Waals surface area contributed by atoms with Gasteiger partial charge in [0.05, 0.1) is 24.2 Å². The third kappa shape index (κ3) is 1.74. The van der Waals surface area contributed by atoms with Crippen molar-refractivity contribution < 1.29 is 9.50 Å². The molecule has 3 rings (SSSR count). The van der Waals surface area contributed by atoms with Gasteiger partial charge in [-0.05, 0) is 36.4 Å². The second-order valence-electron chi connectivity index (χ2n) is 3.90. The zero-order valence-corrected chi connectivity index (χ0v) is 9.42. The van der Waals surface area contributed by atoms with Gasteiger partial charge in [-0.2, -0.15) is 5.10 Å². The lowest BCUT2D eigenvalue weighted by molar-refractivity contribution is 0.274. The van der Waals surface area contributed by atoms with Crippen molar-refractivity contribution in [3.8, 4) is 11.3 Å². The van der Waals surface area contributed by atoms with Crippen LogP contribution in [-0.2, 0) is 6.61 Å². The minimum Gasteiger partial charge on any atom is -0.390 e. The molecule has 0 saturated carbocycles. The minimum absolute atomic E-state index is 0.124. The quantitative estimate of drug-likeness (QED) is 0.749. The predicted molar refractivity (Wildman–Crippen MR) is 64.3 cm³/mol. The van der Waals surface area contributed by atoms with Crippen molar-refractivity contribution in [3.63, 3.8) is 0 Å². The molecule has 0 aliphatic heterocycles. The smallest absolute Gasteiger partial charge is 0.153 e. The van der Waals surface area contributed by atoms with Gasteiger partial charge in [-0.1, -0.05) is 0 Å². The number of aliphatic hydroxyl groups excluding tert-OH is 1. The number of nitrogens with zero attached hydrogens (tertiary/aromatic N) is 3. The second-order valence-corrected chi connectivity index (χ2v) is 3.90. The van der Waals surface area contributed by atoms with Crippen LogP contribution in [0.1, 0.15) is 5.69 Å². The lowest BCUT2D eigenvalue weighted by Gasteiger charge is -2.03. The van der Waals surface area contributed by atoms with Crippen molar-refractivity contribution in [3.05, 3.63) is 54.1 Å². The average molecular weight is 243 g/mol. The molecule has 3 aromatic rings. The monoisotopic (exact) mass is 243 g/mol. The molecule has 0 unspecified atom stereocenters. The summed E-state index contributed by atoms with van der Waals surface area (Å²) < 4.78 is 14.4. The highest BCUT2D eigenvalue weighted by Gasteiger charge is 2.06. The van der Waals surface area contributed by atoms with E-state index in [1.807, 2.05) is 12.1 Å². The molecule has 0 bridgehead atoms. The summed E-state index contributed by atoms with van der Waals surface area (Å²) in [5, 5.41) is 13.5. The molecule has 0 saturated heterocycles. The van der Waals surface area contributed by atoms with Gasteiger partial charge in [-0.3, -0.25) is 0 Å². The minimum atomic E-state index is -0.279. The second kappa shape index (κ2) is 4.19. The third-order valence-electron chi connectivity index (χ3n) is 2.73. The molecule has 4 nitrogen and oxygen atoms in total. The van der Waals surface area contributed by atoms with Gasteiger partial charge in [-0.25, -0.2) is 13.9 Å². The molecule has 0 aliphatic rings. The lowest BCUT2D eigenvalue weighted by Crippen LogP contribution is -1.99. The summed E-state index contributed by atoms with van der Waals surface area (Å²) in [5.41, 5.74) is 2.81. The van der Waals surface area contributed by atoms with Gasteiger partial charge in [0.1, 0.15) is 5.82 Å². The molecular weight excluding hydrogens is 233 g/mol. The maximum absolute atomic E-state index is 12.9. The van der Waals surface area contributed by atoms with E-state index in [2.05, 4.69) is 10.1 Å². The number of hydrogen-bond donors (Lipinski definition) is 1. The summed E-state index contributed by atoms with van der Waals surface area (Å²) >= 11 is 0. The Hall–Kier alpha value is -2.27. The zero-order chi connectivity index (χ0) is 12.5. The van der Waals surface area contributed by atoms with Crippen LogP contribution >= 0.6 is 0 Å². The molecule has 0 spiro atoms. The molecule has 18 heavy (non-hydrogen) atoms. The molecule has 1 aromatic carbocycles. The molecule has 0 atom stereocenters. The van der Waals surface area contributed by atoms with Crippen LogP contribution in [0.15, 0.2) is 42.6 Å². The van der Waals surface area contributed by atoms with E-state index in [0.29, 0.717) is 17.0 Å². The number of benzene rings is 1. The van der Waals surface area contributed by atoms with Crippen molar-refractivity contribution in [2.24, 2.45) is 0 Å². The third-order valence-corrected chi connectivity index (χ3v) is 2.73. The Kier molecular flexibility index (Phi) is 2.53. The van der Waals surface area contributed by atoms with E-state index in [4.69, 9.17) is 0 Å². The summed E-state index contributed by atoms with van der Waals surface area (Å²) in [6.07, 6.45) is 1.58. The van der Waals surface area contributed by atoms with Crippen molar-refractivity contribution in [2.75, 3.05) is 0 Å². The van der Waals surface area contributed by atoms with E-state index in [9.17, 15) is 9.50 Å². The highest BCUT2D eigenvalue weighted by molar-refractivity contribution is 5.60. The molecule has 0 radical (unpaired) electrons. The molecule has 0 amide bonds. The first-order valence-electron chi connectivity index (χ1n) is 5.48. The Morgan fingerprint density at radius 2 is 1.89 bits per heavy atom. The number of hydrogen-bond acceptors (Lipinski definition) is 3. The number of halogens is 1. The fourth-order valence-corrected chi connectivity index (χ4v) is 1.80. The Morgan fingerprint density at radius 1 is 1.11 bits per heavy atom. The molecule has 2 aromatic heterocycles. The SMILES string of the molecule is OCc1cnc2ccc(-c3ccc(F)cc3)nn12. The lowest BCUT2D eigenvalue weighted by atomic mass is 10.1. The Bertz CT molecular complexity index is 691. The van der Waals surface area contributed by atoms with E-state index in [0.717, 1.165) is 5.56 Å². The van der Waals surface area contributed by atoms with Crippen LogP contribution in [0.5, 0.6) is 0 Å². The van der Waals surface area contributed by atoms with Crippen LogP contribution in [0.25, 0.3) is 16.9 Å². The van der Waals surface area contributed by atoms with Crippen molar-refractivity contribution in [1.29, 1.82) is 0 Å².